The molecular formula is C11H16ClNO2S. The van der Waals surface area contributed by atoms with Crippen molar-refractivity contribution >= 4 is 21.4 Å². The predicted molar refractivity (Wildman–Crippen MR) is 66.4 cm³/mol. The van der Waals surface area contributed by atoms with Crippen LogP contribution >= 0.6 is 11.6 Å². The van der Waals surface area contributed by atoms with Crippen LogP contribution in [0.25, 0.3) is 0 Å². The SMILES string of the molecule is CC(N)C(C)(C)S(=O)(=O)c1cccc(Cl)c1. The number of rotatable bonds is 3. The van der Waals surface area contributed by atoms with E-state index in [-0.39, 0.29) is 4.90 Å². The zero-order chi connectivity index (χ0) is 12.6. The van der Waals surface area contributed by atoms with Gasteiger partial charge in [-0.2, -0.15) is 0 Å². The zero-order valence-electron chi connectivity index (χ0n) is 9.57. The summed E-state index contributed by atoms with van der Waals surface area (Å²) in [6, 6.07) is 5.77. The van der Waals surface area contributed by atoms with Gasteiger partial charge in [-0.05, 0) is 39.0 Å². The van der Waals surface area contributed by atoms with E-state index >= 15 is 0 Å². The number of nitrogens with two attached hydrogens (primary N) is 1. The maximum absolute atomic E-state index is 12.3. The van der Waals surface area contributed by atoms with E-state index in [0.717, 1.165) is 0 Å². The lowest BCUT2D eigenvalue weighted by Crippen LogP contribution is -2.47. The van der Waals surface area contributed by atoms with Crippen LogP contribution in [-0.2, 0) is 9.84 Å². The molecule has 90 valence electrons. The highest BCUT2D eigenvalue weighted by Crippen LogP contribution is 2.28. The molecule has 2 N–H and O–H groups in total. The molecule has 5 heteroatoms. The quantitative estimate of drug-likeness (QED) is 0.908. The molecule has 0 spiro atoms. The summed E-state index contributed by atoms with van der Waals surface area (Å²) in [5.41, 5.74) is 5.72. The lowest BCUT2D eigenvalue weighted by molar-refractivity contribution is 0.501. The molecule has 1 aromatic rings. The molecule has 0 fully saturated rings. The van der Waals surface area contributed by atoms with Crippen molar-refractivity contribution in [3.05, 3.63) is 29.3 Å². The fraction of sp³-hybridized carbons (Fsp3) is 0.455. The average molecular weight is 262 g/mol. The zero-order valence-corrected chi connectivity index (χ0v) is 11.1. The Hall–Kier alpha value is -0.580. The lowest BCUT2D eigenvalue weighted by atomic mass is 10.1. The van der Waals surface area contributed by atoms with Crippen LogP contribution in [0.2, 0.25) is 5.02 Å². The Morgan fingerprint density at radius 3 is 2.38 bits per heavy atom. The van der Waals surface area contributed by atoms with Gasteiger partial charge in [0.2, 0.25) is 0 Å². The highest BCUT2D eigenvalue weighted by Gasteiger charge is 2.39. The molecule has 0 radical (unpaired) electrons. The van der Waals surface area contributed by atoms with Crippen LogP contribution in [0.3, 0.4) is 0 Å². The summed E-state index contributed by atoms with van der Waals surface area (Å²) in [5.74, 6) is 0. The predicted octanol–water partition coefficient (Wildman–Crippen LogP) is 2.24. The van der Waals surface area contributed by atoms with Crippen LogP contribution in [0.5, 0.6) is 0 Å². The van der Waals surface area contributed by atoms with Gasteiger partial charge in [0.15, 0.2) is 9.84 Å². The number of hydrogen-bond donors (Lipinski definition) is 1. The second kappa shape index (κ2) is 4.35. The summed E-state index contributed by atoms with van der Waals surface area (Å²) in [6.45, 7) is 4.92. The largest absolute Gasteiger partial charge is 0.327 e. The van der Waals surface area contributed by atoms with Gasteiger partial charge < -0.3 is 5.73 Å². The molecule has 0 saturated heterocycles. The third-order valence-electron chi connectivity index (χ3n) is 2.90. The first-order valence-electron chi connectivity index (χ1n) is 4.95. The standard InChI is InChI=1S/C11H16ClNO2S/c1-8(13)11(2,3)16(14,15)10-6-4-5-9(12)7-10/h4-8H,13H2,1-3H3. The Bertz CT molecular complexity index is 481. The first-order chi connectivity index (χ1) is 7.19. The molecule has 0 heterocycles. The van der Waals surface area contributed by atoms with E-state index in [0.29, 0.717) is 5.02 Å². The van der Waals surface area contributed by atoms with Gasteiger partial charge in [-0.15, -0.1) is 0 Å². The van der Waals surface area contributed by atoms with Crippen molar-refractivity contribution in [1.82, 2.24) is 0 Å². The molecule has 0 saturated carbocycles. The summed E-state index contributed by atoms with van der Waals surface area (Å²) in [6.07, 6.45) is 0. The first kappa shape index (κ1) is 13.5. The third-order valence-corrected chi connectivity index (χ3v) is 5.76. The van der Waals surface area contributed by atoms with E-state index in [1.54, 1.807) is 32.9 Å². The lowest BCUT2D eigenvalue weighted by Gasteiger charge is -2.28. The second-order valence-electron chi connectivity index (χ2n) is 4.35. The molecule has 0 aliphatic carbocycles. The molecule has 0 aliphatic rings. The van der Waals surface area contributed by atoms with Gasteiger partial charge in [0.25, 0.3) is 0 Å². The third kappa shape index (κ3) is 2.24. The molecule has 1 aromatic carbocycles. The van der Waals surface area contributed by atoms with Gasteiger partial charge in [-0.3, -0.25) is 0 Å². The van der Waals surface area contributed by atoms with Crippen LogP contribution in [-0.4, -0.2) is 19.2 Å². The molecule has 0 aliphatic heterocycles. The van der Waals surface area contributed by atoms with Gasteiger partial charge in [0, 0.05) is 11.1 Å². The Kier molecular flexibility index (Phi) is 3.67. The minimum Gasteiger partial charge on any atom is -0.327 e. The van der Waals surface area contributed by atoms with E-state index in [1.807, 2.05) is 0 Å². The Balaban J connectivity index is 3.33. The summed E-state index contributed by atoms with van der Waals surface area (Å²) < 4.78 is 23.6. The Morgan fingerprint density at radius 1 is 1.38 bits per heavy atom. The molecule has 0 bridgehead atoms. The van der Waals surface area contributed by atoms with Gasteiger partial charge in [-0.25, -0.2) is 8.42 Å². The topological polar surface area (TPSA) is 60.2 Å². The maximum atomic E-state index is 12.3. The van der Waals surface area contributed by atoms with Crippen LogP contribution in [0.15, 0.2) is 29.2 Å². The van der Waals surface area contributed by atoms with Crippen LogP contribution in [0, 0.1) is 0 Å². The summed E-state index contributed by atoms with van der Waals surface area (Å²) in [7, 11) is -3.47. The normalized spacial score (nSPS) is 14.8. The minimum atomic E-state index is -3.47. The van der Waals surface area contributed by atoms with Crippen molar-refractivity contribution in [3.63, 3.8) is 0 Å². The van der Waals surface area contributed by atoms with E-state index in [9.17, 15) is 8.42 Å². The fourth-order valence-electron chi connectivity index (χ4n) is 1.18. The fourth-order valence-corrected chi connectivity index (χ4v) is 3.07. The highest BCUT2D eigenvalue weighted by molar-refractivity contribution is 7.92. The van der Waals surface area contributed by atoms with Crippen LogP contribution < -0.4 is 5.73 Å². The molecule has 3 nitrogen and oxygen atoms in total. The smallest absolute Gasteiger partial charge is 0.185 e. The highest BCUT2D eigenvalue weighted by atomic mass is 35.5. The van der Waals surface area contributed by atoms with Crippen molar-refractivity contribution in [2.75, 3.05) is 0 Å². The van der Waals surface area contributed by atoms with Gasteiger partial charge in [0.05, 0.1) is 9.64 Å². The van der Waals surface area contributed by atoms with E-state index in [4.69, 9.17) is 17.3 Å². The van der Waals surface area contributed by atoms with E-state index in [1.165, 1.54) is 12.1 Å². The first-order valence-corrected chi connectivity index (χ1v) is 6.81. The molecule has 16 heavy (non-hydrogen) atoms. The number of sulfone groups is 1. The van der Waals surface area contributed by atoms with Gasteiger partial charge >= 0.3 is 0 Å². The summed E-state index contributed by atoms with van der Waals surface area (Å²) in [4.78, 5) is 0.210. The van der Waals surface area contributed by atoms with Crippen molar-refractivity contribution in [2.24, 2.45) is 5.73 Å². The summed E-state index contributed by atoms with van der Waals surface area (Å²) >= 11 is 5.78. The van der Waals surface area contributed by atoms with Crippen LogP contribution in [0.4, 0.5) is 0 Å². The van der Waals surface area contributed by atoms with Crippen molar-refractivity contribution < 1.29 is 8.42 Å². The molecule has 1 unspecified atom stereocenters. The second-order valence-corrected chi connectivity index (χ2v) is 7.32. The molecule has 0 aromatic heterocycles. The summed E-state index contributed by atoms with van der Waals surface area (Å²) in [5, 5.41) is 0.404. The van der Waals surface area contributed by atoms with E-state index in [2.05, 4.69) is 0 Å². The van der Waals surface area contributed by atoms with Gasteiger partial charge in [-0.1, -0.05) is 17.7 Å². The number of halogens is 1. The Morgan fingerprint density at radius 2 is 1.94 bits per heavy atom. The van der Waals surface area contributed by atoms with Crippen LogP contribution in [0.1, 0.15) is 20.8 Å². The number of hydrogen-bond acceptors (Lipinski definition) is 3. The monoisotopic (exact) mass is 261 g/mol. The van der Waals surface area contributed by atoms with Gasteiger partial charge in [0.1, 0.15) is 0 Å². The Labute approximate surface area is 102 Å². The molecular weight excluding hydrogens is 246 g/mol. The maximum Gasteiger partial charge on any atom is 0.185 e. The number of benzene rings is 1. The van der Waals surface area contributed by atoms with Crippen molar-refractivity contribution in [3.8, 4) is 0 Å². The molecule has 1 atom stereocenters. The molecule has 0 amide bonds. The van der Waals surface area contributed by atoms with Crippen molar-refractivity contribution in [2.45, 2.75) is 36.5 Å². The molecule has 1 rings (SSSR count). The van der Waals surface area contributed by atoms with E-state index < -0.39 is 20.6 Å². The average Bonchev–Trinajstić information content (AvgIpc) is 2.17. The minimum absolute atomic E-state index is 0.210. The van der Waals surface area contributed by atoms with Crippen molar-refractivity contribution in [1.29, 1.82) is 0 Å².